The second-order valence-corrected chi connectivity index (χ2v) is 4.60. The largest absolute Gasteiger partial charge is 0.389 e. The van der Waals surface area contributed by atoms with Crippen LogP contribution in [0.1, 0.15) is 18.2 Å². The quantitative estimate of drug-likeness (QED) is 0.866. The van der Waals surface area contributed by atoms with Gasteiger partial charge in [-0.3, -0.25) is 0 Å². The molecule has 5 heteroatoms. The summed E-state index contributed by atoms with van der Waals surface area (Å²) in [7, 11) is 1.94. The minimum atomic E-state index is 0.382. The van der Waals surface area contributed by atoms with Gasteiger partial charge in [0.05, 0.1) is 5.69 Å². The van der Waals surface area contributed by atoms with E-state index in [4.69, 9.17) is 18.0 Å². The number of hydrogen-bond donors (Lipinski definition) is 1. The molecular weight excluding hydrogens is 256 g/mol. The van der Waals surface area contributed by atoms with Crippen LogP contribution in [0.15, 0.2) is 36.7 Å². The summed E-state index contributed by atoms with van der Waals surface area (Å²) in [5, 5.41) is 0. The molecule has 0 amide bonds. The van der Waals surface area contributed by atoms with Crippen LogP contribution >= 0.6 is 12.2 Å². The maximum absolute atomic E-state index is 5.76. The molecule has 0 aliphatic carbocycles. The molecule has 0 bridgehead atoms. The van der Waals surface area contributed by atoms with Gasteiger partial charge in [0.25, 0.3) is 0 Å². The van der Waals surface area contributed by atoms with Crippen LogP contribution in [-0.4, -0.2) is 22.0 Å². The van der Waals surface area contributed by atoms with E-state index in [1.165, 1.54) is 0 Å². The van der Waals surface area contributed by atoms with Crippen LogP contribution in [0, 0.1) is 0 Å². The summed E-state index contributed by atoms with van der Waals surface area (Å²) in [6.45, 7) is 2.06. The van der Waals surface area contributed by atoms with Crippen LogP contribution in [-0.2, 0) is 6.42 Å². The van der Waals surface area contributed by atoms with Crippen molar-refractivity contribution in [3.05, 3.63) is 47.9 Å². The monoisotopic (exact) mass is 272 g/mol. The van der Waals surface area contributed by atoms with E-state index < -0.39 is 0 Å². The molecule has 1 aromatic heterocycles. The van der Waals surface area contributed by atoms with E-state index in [0.29, 0.717) is 4.99 Å². The van der Waals surface area contributed by atoms with Crippen LogP contribution in [0.4, 0.5) is 11.5 Å². The number of anilines is 2. The predicted octanol–water partition coefficient (Wildman–Crippen LogP) is 2.44. The number of nitrogens with two attached hydrogens (primary N) is 1. The van der Waals surface area contributed by atoms with Gasteiger partial charge < -0.3 is 10.6 Å². The molecule has 1 heterocycles. The summed E-state index contributed by atoms with van der Waals surface area (Å²) in [4.78, 5) is 10.8. The first-order chi connectivity index (χ1) is 9.13. The topological polar surface area (TPSA) is 55.0 Å². The summed E-state index contributed by atoms with van der Waals surface area (Å²) in [6.07, 6.45) is 2.45. The second kappa shape index (κ2) is 5.75. The number of benzene rings is 1. The Morgan fingerprint density at radius 3 is 2.74 bits per heavy atom. The number of aromatic nitrogens is 2. The molecule has 0 aliphatic heterocycles. The van der Waals surface area contributed by atoms with E-state index in [1.54, 1.807) is 6.33 Å². The number of hydrogen-bond acceptors (Lipinski definition) is 4. The molecule has 4 nitrogen and oxygen atoms in total. The van der Waals surface area contributed by atoms with Crippen LogP contribution in [0.3, 0.4) is 0 Å². The van der Waals surface area contributed by atoms with Gasteiger partial charge >= 0.3 is 0 Å². The zero-order valence-electron chi connectivity index (χ0n) is 11.0. The predicted molar refractivity (Wildman–Crippen MR) is 81.8 cm³/mol. The van der Waals surface area contributed by atoms with E-state index in [2.05, 4.69) is 16.9 Å². The average molecular weight is 272 g/mol. The molecule has 2 rings (SSSR count). The minimum Gasteiger partial charge on any atom is -0.389 e. The van der Waals surface area contributed by atoms with E-state index in [1.807, 2.05) is 42.3 Å². The Bertz CT molecular complexity index is 598. The highest BCUT2D eigenvalue weighted by Crippen LogP contribution is 2.25. The molecule has 0 saturated carbocycles. The van der Waals surface area contributed by atoms with E-state index in [9.17, 15) is 0 Å². The van der Waals surface area contributed by atoms with Gasteiger partial charge in [0.1, 0.15) is 17.1 Å². The van der Waals surface area contributed by atoms with E-state index >= 15 is 0 Å². The standard InChI is InChI=1S/C14H16N4S/c1-3-10-8-13(17-9-16-10)18(2)12-7-5-4-6-11(12)14(15)19/h4-9H,3H2,1-2H3,(H2,15,19). The third-order valence-electron chi connectivity index (χ3n) is 2.95. The molecule has 1 aromatic carbocycles. The van der Waals surface area contributed by atoms with Gasteiger partial charge in [-0.15, -0.1) is 0 Å². The fraction of sp³-hybridized carbons (Fsp3) is 0.214. The third kappa shape index (κ3) is 2.88. The van der Waals surface area contributed by atoms with Gasteiger partial charge in [-0.25, -0.2) is 9.97 Å². The first kappa shape index (κ1) is 13.4. The molecule has 19 heavy (non-hydrogen) atoms. The summed E-state index contributed by atoms with van der Waals surface area (Å²) in [5.74, 6) is 0.829. The molecule has 2 aromatic rings. The van der Waals surface area contributed by atoms with Gasteiger partial charge in [-0.2, -0.15) is 0 Å². The van der Waals surface area contributed by atoms with Gasteiger partial charge in [0.2, 0.25) is 0 Å². The van der Waals surface area contributed by atoms with E-state index in [0.717, 1.165) is 29.2 Å². The van der Waals surface area contributed by atoms with Crippen LogP contribution in [0.25, 0.3) is 0 Å². The lowest BCUT2D eigenvalue weighted by Crippen LogP contribution is -2.18. The van der Waals surface area contributed by atoms with Crippen molar-refractivity contribution in [2.24, 2.45) is 5.73 Å². The zero-order chi connectivity index (χ0) is 13.8. The molecule has 0 aliphatic rings. The molecule has 0 spiro atoms. The summed E-state index contributed by atoms with van der Waals surface area (Å²) < 4.78 is 0. The van der Waals surface area contributed by atoms with Crippen LogP contribution < -0.4 is 10.6 Å². The Morgan fingerprint density at radius 2 is 2.05 bits per heavy atom. The second-order valence-electron chi connectivity index (χ2n) is 4.16. The van der Waals surface area contributed by atoms with Crippen molar-refractivity contribution < 1.29 is 0 Å². The zero-order valence-corrected chi connectivity index (χ0v) is 11.8. The molecule has 0 saturated heterocycles. The fourth-order valence-corrected chi connectivity index (χ4v) is 2.03. The number of nitrogens with zero attached hydrogens (tertiary/aromatic N) is 3. The third-order valence-corrected chi connectivity index (χ3v) is 3.17. The molecule has 0 radical (unpaired) electrons. The maximum atomic E-state index is 5.76. The van der Waals surface area contributed by atoms with Gasteiger partial charge in [0.15, 0.2) is 0 Å². The van der Waals surface area contributed by atoms with Crippen LogP contribution in [0.2, 0.25) is 0 Å². The van der Waals surface area contributed by atoms with Gasteiger partial charge in [0, 0.05) is 24.4 Å². The molecule has 2 N–H and O–H groups in total. The lowest BCUT2D eigenvalue weighted by atomic mass is 10.1. The Kier molecular flexibility index (Phi) is 4.06. The van der Waals surface area contributed by atoms with Crippen molar-refractivity contribution in [2.75, 3.05) is 11.9 Å². The highest BCUT2D eigenvalue weighted by atomic mass is 32.1. The van der Waals surface area contributed by atoms with Gasteiger partial charge in [-0.1, -0.05) is 31.3 Å². The first-order valence-electron chi connectivity index (χ1n) is 6.07. The van der Waals surface area contributed by atoms with Crippen LogP contribution in [0.5, 0.6) is 0 Å². The lowest BCUT2D eigenvalue weighted by Gasteiger charge is -2.21. The highest BCUT2D eigenvalue weighted by Gasteiger charge is 2.11. The van der Waals surface area contributed by atoms with Crippen molar-refractivity contribution in [1.82, 2.24) is 9.97 Å². The summed E-state index contributed by atoms with van der Waals surface area (Å²) >= 11 is 5.09. The van der Waals surface area contributed by atoms with Crippen molar-refractivity contribution in [3.8, 4) is 0 Å². The van der Waals surface area contributed by atoms with Crippen molar-refractivity contribution >= 4 is 28.7 Å². The molecule has 0 fully saturated rings. The fourth-order valence-electron chi connectivity index (χ4n) is 1.86. The SMILES string of the molecule is CCc1cc(N(C)c2ccccc2C(N)=S)ncn1. The van der Waals surface area contributed by atoms with Crippen molar-refractivity contribution in [1.29, 1.82) is 0 Å². The Hall–Kier alpha value is -2.01. The van der Waals surface area contributed by atoms with Crippen molar-refractivity contribution in [3.63, 3.8) is 0 Å². The Balaban J connectivity index is 2.43. The number of para-hydroxylation sites is 1. The number of rotatable bonds is 4. The number of thiocarbonyl (C=S) groups is 1. The number of aryl methyl sites for hydroxylation is 1. The average Bonchev–Trinajstić information content (AvgIpc) is 2.46. The smallest absolute Gasteiger partial charge is 0.136 e. The molecule has 98 valence electrons. The Labute approximate surface area is 118 Å². The minimum absolute atomic E-state index is 0.382. The van der Waals surface area contributed by atoms with E-state index in [-0.39, 0.29) is 0 Å². The maximum Gasteiger partial charge on any atom is 0.136 e. The van der Waals surface area contributed by atoms with Crippen molar-refractivity contribution in [2.45, 2.75) is 13.3 Å². The normalized spacial score (nSPS) is 10.2. The molecule has 0 unspecified atom stereocenters. The Morgan fingerprint density at radius 1 is 1.32 bits per heavy atom. The summed E-state index contributed by atoms with van der Waals surface area (Å²) in [5.41, 5.74) is 8.55. The molecule has 0 atom stereocenters. The lowest BCUT2D eigenvalue weighted by molar-refractivity contribution is 0.979. The van der Waals surface area contributed by atoms with Gasteiger partial charge in [-0.05, 0) is 18.6 Å². The summed E-state index contributed by atoms with van der Waals surface area (Å²) in [6, 6.07) is 9.73. The highest BCUT2D eigenvalue weighted by molar-refractivity contribution is 7.80. The first-order valence-corrected chi connectivity index (χ1v) is 6.47. The molecular formula is C14H16N4S.